The zero-order valence-electron chi connectivity index (χ0n) is 9.13. The van der Waals surface area contributed by atoms with Crippen LogP contribution in [-0.4, -0.2) is 13.1 Å². The van der Waals surface area contributed by atoms with E-state index in [0.29, 0.717) is 0 Å². The van der Waals surface area contributed by atoms with Crippen molar-refractivity contribution in [2.45, 2.75) is 32.1 Å². The Kier molecular flexibility index (Phi) is 4.23. The number of hydrogen-bond acceptors (Lipinski definition) is 2. The Morgan fingerprint density at radius 1 is 1.53 bits per heavy atom. The van der Waals surface area contributed by atoms with E-state index < -0.39 is 0 Å². The molecular weight excluding hydrogens is 270 g/mol. The van der Waals surface area contributed by atoms with Gasteiger partial charge in [-0.3, -0.25) is 0 Å². The van der Waals surface area contributed by atoms with E-state index in [1.807, 2.05) is 11.3 Å². The van der Waals surface area contributed by atoms with Crippen molar-refractivity contribution in [3.05, 3.63) is 20.8 Å². The quantitative estimate of drug-likeness (QED) is 0.807. The molecule has 1 aliphatic rings. The SMILES string of the molecule is CCCNCC1CCC1c1sccc1Br. The molecule has 2 unspecified atom stereocenters. The first-order valence-corrected chi connectivity index (χ1v) is 7.43. The largest absolute Gasteiger partial charge is 0.316 e. The summed E-state index contributed by atoms with van der Waals surface area (Å²) in [5.74, 6) is 1.68. The minimum absolute atomic E-state index is 0.809. The number of rotatable bonds is 5. The number of halogens is 1. The van der Waals surface area contributed by atoms with Crippen LogP contribution in [0.15, 0.2) is 15.9 Å². The van der Waals surface area contributed by atoms with E-state index in [0.717, 1.165) is 18.4 Å². The molecule has 1 fully saturated rings. The van der Waals surface area contributed by atoms with Crippen molar-refractivity contribution in [2.24, 2.45) is 5.92 Å². The lowest BCUT2D eigenvalue weighted by molar-refractivity contribution is 0.249. The van der Waals surface area contributed by atoms with Crippen LogP contribution in [-0.2, 0) is 0 Å². The Bertz CT molecular complexity index is 310. The summed E-state index contributed by atoms with van der Waals surface area (Å²) in [5, 5.41) is 5.73. The molecule has 1 nitrogen and oxygen atoms in total. The molecule has 1 aromatic rings. The Labute approximate surface area is 104 Å². The van der Waals surface area contributed by atoms with Crippen molar-refractivity contribution in [1.82, 2.24) is 5.32 Å². The first-order chi connectivity index (χ1) is 7.33. The molecule has 0 bridgehead atoms. The molecular formula is C12H18BrNS. The third-order valence-corrected chi connectivity index (χ3v) is 5.24. The van der Waals surface area contributed by atoms with Crippen molar-refractivity contribution in [3.63, 3.8) is 0 Å². The minimum atomic E-state index is 0.809. The third kappa shape index (κ3) is 2.63. The summed E-state index contributed by atoms with van der Waals surface area (Å²) in [5.41, 5.74) is 0. The van der Waals surface area contributed by atoms with E-state index in [1.165, 1.54) is 30.3 Å². The van der Waals surface area contributed by atoms with E-state index >= 15 is 0 Å². The summed E-state index contributed by atoms with van der Waals surface area (Å²) in [6.07, 6.45) is 4.00. The highest BCUT2D eigenvalue weighted by Gasteiger charge is 2.33. The summed E-state index contributed by atoms with van der Waals surface area (Å²) >= 11 is 5.54. The predicted octanol–water partition coefficient (Wildman–Crippen LogP) is 4.00. The highest BCUT2D eigenvalue weighted by molar-refractivity contribution is 9.10. The van der Waals surface area contributed by atoms with Crippen molar-refractivity contribution >= 4 is 27.3 Å². The molecule has 1 N–H and O–H groups in total. The molecule has 2 rings (SSSR count). The van der Waals surface area contributed by atoms with Crippen LogP contribution in [0.25, 0.3) is 0 Å². The van der Waals surface area contributed by atoms with Gasteiger partial charge in [-0.2, -0.15) is 0 Å². The van der Waals surface area contributed by atoms with E-state index in [2.05, 4.69) is 39.6 Å². The topological polar surface area (TPSA) is 12.0 Å². The molecule has 1 heterocycles. The second-order valence-corrected chi connectivity index (χ2v) is 6.08. The van der Waals surface area contributed by atoms with Gasteiger partial charge < -0.3 is 5.32 Å². The fourth-order valence-corrected chi connectivity index (χ4v) is 4.09. The van der Waals surface area contributed by atoms with Gasteiger partial charge in [-0.05, 0) is 71.6 Å². The molecule has 2 atom stereocenters. The first-order valence-electron chi connectivity index (χ1n) is 5.76. The molecule has 84 valence electrons. The van der Waals surface area contributed by atoms with Crippen molar-refractivity contribution in [2.75, 3.05) is 13.1 Å². The van der Waals surface area contributed by atoms with Crippen LogP contribution < -0.4 is 5.32 Å². The fraction of sp³-hybridized carbons (Fsp3) is 0.667. The van der Waals surface area contributed by atoms with Gasteiger partial charge in [0.05, 0.1) is 0 Å². The molecule has 0 aromatic carbocycles. The number of thiophene rings is 1. The van der Waals surface area contributed by atoms with E-state index in [-0.39, 0.29) is 0 Å². The lowest BCUT2D eigenvalue weighted by Gasteiger charge is -2.36. The van der Waals surface area contributed by atoms with Crippen LogP contribution in [0.2, 0.25) is 0 Å². The van der Waals surface area contributed by atoms with Gasteiger partial charge in [-0.25, -0.2) is 0 Å². The maximum Gasteiger partial charge on any atom is 0.0317 e. The van der Waals surface area contributed by atoms with Crippen LogP contribution in [0.5, 0.6) is 0 Å². The first kappa shape index (κ1) is 11.6. The normalized spacial score (nSPS) is 25.2. The molecule has 0 amide bonds. The van der Waals surface area contributed by atoms with Crippen LogP contribution >= 0.6 is 27.3 Å². The van der Waals surface area contributed by atoms with Gasteiger partial charge in [0.15, 0.2) is 0 Å². The monoisotopic (exact) mass is 287 g/mol. The zero-order valence-corrected chi connectivity index (χ0v) is 11.5. The molecule has 0 saturated heterocycles. The third-order valence-electron chi connectivity index (χ3n) is 3.23. The highest BCUT2D eigenvalue weighted by atomic mass is 79.9. The Morgan fingerprint density at radius 2 is 2.40 bits per heavy atom. The van der Waals surface area contributed by atoms with Crippen LogP contribution in [0, 0.1) is 5.92 Å². The van der Waals surface area contributed by atoms with Gasteiger partial charge in [-0.1, -0.05) is 6.92 Å². The minimum Gasteiger partial charge on any atom is -0.316 e. The van der Waals surface area contributed by atoms with E-state index in [1.54, 1.807) is 4.88 Å². The van der Waals surface area contributed by atoms with Crippen molar-refractivity contribution in [1.29, 1.82) is 0 Å². The second-order valence-electron chi connectivity index (χ2n) is 4.28. The maximum atomic E-state index is 3.64. The second kappa shape index (κ2) is 5.46. The lowest BCUT2D eigenvalue weighted by atomic mass is 9.73. The summed E-state index contributed by atoms with van der Waals surface area (Å²) in [7, 11) is 0. The van der Waals surface area contributed by atoms with Crippen LogP contribution in [0.4, 0.5) is 0 Å². The molecule has 1 aromatic heterocycles. The Morgan fingerprint density at radius 3 is 2.93 bits per heavy atom. The highest BCUT2D eigenvalue weighted by Crippen LogP contribution is 2.46. The molecule has 15 heavy (non-hydrogen) atoms. The number of hydrogen-bond donors (Lipinski definition) is 1. The summed E-state index contributed by atoms with van der Waals surface area (Å²) in [6.45, 7) is 4.58. The zero-order chi connectivity index (χ0) is 10.7. The summed E-state index contributed by atoms with van der Waals surface area (Å²) in [6, 6.07) is 2.18. The van der Waals surface area contributed by atoms with Crippen molar-refractivity contribution < 1.29 is 0 Å². The Balaban J connectivity index is 1.87. The predicted molar refractivity (Wildman–Crippen MR) is 70.6 cm³/mol. The van der Waals surface area contributed by atoms with Gasteiger partial charge in [0, 0.05) is 9.35 Å². The number of nitrogens with one attached hydrogen (secondary N) is 1. The summed E-state index contributed by atoms with van der Waals surface area (Å²) in [4.78, 5) is 1.56. The lowest BCUT2D eigenvalue weighted by Crippen LogP contribution is -2.33. The maximum absolute atomic E-state index is 3.64. The average Bonchev–Trinajstić information content (AvgIpc) is 2.58. The molecule has 1 saturated carbocycles. The van der Waals surface area contributed by atoms with E-state index in [9.17, 15) is 0 Å². The van der Waals surface area contributed by atoms with E-state index in [4.69, 9.17) is 0 Å². The molecule has 0 aliphatic heterocycles. The smallest absolute Gasteiger partial charge is 0.0317 e. The molecule has 1 aliphatic carbocycles. The average molecular weight is 288 g/mol. The van der Waals surface area contributed by atoms with Gasteiger partial charge in [-0.15, -0.1) is 11.3 Å². The summed E-state index contributed by atoms with van der Waals surface area (Å²) < 4.78 is 1.32. The van der Waals surface area contributed by atoms with Gasteiger partial charge >= 0.3 is 0 Å². The molecule has 3 heteroatoms. The van der Waals surface area contributed by atoms with Gasteiger partial charge in [0.1, 0.15) is 0 Å². The van der Waals surface area contributed by atoms with Gasteiger partial charge in [0.2, 0.25) is 0 Å². The van der Waals surface area contributed by atoms with Gasteiger partial charge in [0.25, 0.3) is 0 Å². The Hall–Kier alpha value is 0.140. The fourth-order valence-electron chi connectivity index (χ4n) is 2.19. The molecule has 0 radical (unpaired) electrons. The van der Waals surface area contributed by atoms with Crippen LogP contribution in [0.1, 0.15) is 37.0 Å². The van der Waals surface area contributed by atoms with Crippen molar-refractivity contribution in [3.8, 4) is 0 Å². The van der Waals surface area contributed by atoms with Crippen LogP contribution in [0.3, 0.4) is 0 Å². The standard InChI is InChI=1S/C12H18BrNS/c1-2-6-14-8-9-3-4-10(9)12-11(13)5-7-15-12/h5,7,9-10,14H,2-4,6,8H2,1H3. The molecule has 0 spiro atoms.